The monoisotopic (exact) mass is 556 g/mol. The first-order valence-corrected chi connectivity index (χ1v) is 13.8. The summed E-state index contributed by atoms with van der Waals surface area (Å²) in [5.74, 6) is 0.400. The van der Waals surface area contributed by atoms with Gasteiger partial charge < -0.3 is 24.0 Å². The van der Waals surface area contributed by atoms with E-state index in [-0.39, 0.29) is 30.2 Å². The number of rotatable bonds is 6. The molecule has 212 valence electrons. The number of carbonyl (C=O) groups excluding carboxylic acids is 2. The average Bonchev–Trinajstić information content (AvgIpc) is 2.91. The molecule has 39 heavy (non-hydrogen) atoms. The maximum absolute atomic E-state index is 14.4. The number of benzene rings is 2. The highest BCUT2D eigenvalue weighted by atomic mass is 35.5. The van der Waals surface area contributed by atoms with Gasteiger partial charge in [0.1, 0.15) is 30.6 Å². The number of amides is 2. The molecule has 8 heteroatoms. The minimum atomic E-state index is -0.689. The number of halogens is 1. The van der Waals surface area contributed by atoms with E-state index in [0.717, 1.165) is 5.56 Å². The lowest BCUT2D eigenvalue weighted by Crippen LogP contribution is -2.55. The van der Waals surface area contributed by atoms with E-state index < -0.39 is 18.2 Å². The summed E-state index contributed by atoms with van der Waals surface area (Å²) in [5, 5.41) is 0.544. The molecule has 7 nitrogen and oxygen atoms in total. The van der Waals surface area contributed by atoms with Crippen LogP contribution in [0, 0.1) is 11.8 Å². The number of para-hydroxylation sites is 1. The summed E-state index contributed by atoms with van der Waals surface area (Å²) >= 11 is 6.08. The molecular weight excluding hydrogens is 516 g/mol. The summed E-state index contributed by atoms with van der Waals surface area (Å²) in [6.07, 6.45) is 2.82. The number of carbonyl (C=O) groups is 2. The van der Waals surface area contributed by atoms with E-state index in [1.54, 1.807) is 43.4 Å². The van der Waals surface area contributed by atoms with Gasteiger partial charge >= 0.3 is 0 Å². The molecule has 0 aromatic heterocycles. The molecule has 0 unspecified atom stereocenters. The summed E-state index contributed by atoms with van der Waals surface area (Å²) < 4.78 is 18.0. The topological polar surface area (TPSA) is 68.3 Å². The van der Waals surface area contributed by atoms with Crippen molar-refractivity contribution in [3.8, 4) is 5.75 Å². The maximum Gasteiger partial charge on any atom is 0.254 e. The molecule has 3 atom stereocenters. The fraction of sp³-hybridized carbons (Fsp3) is 0.484. The van der Waals surface area contributed by atoms with Crippen molar-refractivity contribution in [3.63, 3.8) is 0 Å². The third-order valence-corrected chi connectivity index (χ3v) is 7.05. The minimum absolute atomic E-state index is 0.118. The zero-order valence-electron chi connectivity index (χ0n) is 23.8. The van der Waals surface area contributed by atoms with Gasteiger partial charge in [0.25, 0.3) is 5.91 Å². The van der Waals surface area contributed by atoms with E-state index in [4.69, 9.17) is 25.8 Å². The fourth-order valence-corrected chi connectivity index (χ4v) is 5.10. The van der Waals surface area contributed by atoms with E-state index >= 15 is 0 Å². The smallest absolute Gasteiger partial charge is 0.254 e. The van der Waals surface area contributed by atoms with Crippen molar-refractivity contribution in [1.82, 2.24) is 9.80 Å². The maximum atomic E-state index is 14.4. The Morgan fingerprint density at radius 1 is 1.03 bits per heavy atom. The lowest BCUT2D eigenvalue weighted by Gasteiger charge is -2.39. The van der Waals surface area contributed by atoms with E-state index in [1.807, 2.05) is 55.2 Å². The number of ether oxygens (including phenoxy) is 3. The molecule has 0 aliphatic carbocycles. The van der Waals surface area contributed by atoms with E-state index in [2.05, 4.69) is 13.8 Å². The number of hydrogen-bond acceptors (Lipinski definition) is 5. The molecule has 2 amide bonds. The Labute approximate surface area is 237 Å². The van der Waals surface area contributed by atoms with Gasteiger partial charge in [-0.25, -0.2) is 0 Å². The Morgan fingerprint density at radius 2 is 1.72 bits per heavy atom. The van der Waals surface area contributed by atoms with Gasteiger partial charge in [-0.05, 0) is 48.2 Å². The van der Waals surface area contributed by atoms with Crippen molar-refractivity contribution in [1.29, 1.82) is 0 Å². The van der Waals surface area contributed by atoms with Crippen molar-refractivity contribution in [2.45, 2.75) is 45.9 Å². The first kappa shape index (κ1) is 30.7. The minimum Gasteiger partial charge on any atom is -0.489 e. The summed E-state index contributed by atoms with van der Waals surface area (Å²) in [6.45, 7) is 9.44. The van der Waals surface area contributed by atoms with Crippen LogP contribution in [0.15, 0.2) is 60.7 Å². The standard InChI is InChI=1S/C31H41ClN2O5/c1-21(2)19-33-20-27(37-5)29(38-6)25-11-7-8-12-26(25)39-18-10-9-17-34(28(22(3)4)31(33)36)30(35)23-13-15-24(32)16-14-23/h7-16,21-22,27-29H,17-20H2,1-6H3/b10-9+/t27-,28-,29-/m0/s1. The van der Waals surface area contributed by atoms with Crippen LogP contribution in [0.3, 0.4) is 0 Å². The predicted molar refractivity (Wildman–Crippen MR) is 154 cm³/mol. The number of hydrogen-bond donors (Lipinski definition) is 0. The molecule has 0 N–H and O–H groups in total. The molecule has 1 heterocycles. The highest BCUT2D eigenvalue weighted by molar-refractivity contribution is 6.30. The quantitative estimate of drug-likeness (QED) is 0.431. The Hall–Kier alpha value is -2.87. The largest absolute Gasteiger partial charge is 0.489 e. The number of nitrogens with zero attached hydrogens (tertiary/aromatic N) is 2. The molecule has 0 bridgehead atoms. The van der Waals surface area contributed by atoms with E-state index in [9.17, 15) is 9.59 Å². The van der Waals surface area contributed by atoms with Gasteiger partial charge in [-0.3, -0.25) is 9.59 Å². The Morgan fingerprint density at radius 3 is 2.33 bits per heavy atom. The van der Waals surface area contributed by atoms with Gasteiger partial charge in [-0.2, -0.15) is 0 Å². The first-order valence-electron chi connectivity index (χ1n) is 13.5. The van der Waals surface area contributed by atoms with Crippen LogP contribution in [-0.4, -0.2) is 74.2 Å². The molecule has 0 saturated carbocycles. The lowest BCUT2D eigenvalue weighted by molar-refractivity contribution is -0.142. The van der Waals surface area contributed by atoms with Crippen LogP contribution in [0.25, 0.3) is 0 Å². The molecule has 2 aromatic carbocycles. The van der Waals surface area contributed by atoms with Crippen molar-refractivity contribution in [2.24, 2.45) is 11.8 Å². The third kappa shape index (κ3) is 7.84. The molecule has 0 radical (unpaired) electrons. The summed E-state index contributed by atoms with van der Waals surface area (Å²) in [6, 6.07) is 13.8. The normalized spacial score (nSPS) is 21.9. The molecule has 3 rings (SSSR count). The highest BCUT2D eigenvalue weighted by Gasteiger charge is 2.38. The van der Waals surface area contributed by atoms with Crippen LogP contribution < -0.4 is 4.74 Å². The molecule has 2 aromatic rings. The number of methoxy groups -OCH3 is 2. The number of fused-ring (bicyclic) bond motifs is 1. The SMILES string of the molecule is CO[C@H]1CN(CC(C)C)C(=O)[C@H](C(C)C)N(C(=O)c2ccc(Cl)cc2)C/C=C/COc2ccccc2[C@@H]1OC. The second-order valence-electron chi connectivity index (χ2n) is 10.5. The van der Waals surface area contributed by atoms with Gasteiger partial charge in [0, 0.05) is 50.0 Å². The molecule has 0 fully saturated rings. The lowest BCUT2D eigenvalue weighted by atomic mass is 9.97. The van der Waals surface area contributed by atoms with Crippen LogP contribution in [0.5, 0.6) is 5.75 Å². The Balaban J connectivity index is 2.11. The molecule has 0 spiro atoms. The zero-order chi connectivity index (χ0) is 28.5. The van der Waals surface area contributed by atoms with Gasteiger partial charge in [0.2, 0.25) is 5.91 Å². The molecule has 1 aliphatic rings. The van der Waals surface area contributed by atoms with Gasteiger partial charge in [0.15, 0.2) is 0 Å². The molecule has 0 saturated heterocycles. The van der Waals surface area contributed by atoms with E-state index in [1.165, 1.54) is 0 Å². The molecule has 1 aliphatic heterocycles. The molecular formula is C31H41ClN2O5. The van der Waals surface area contributed by atoms with Crippen LogP contribution in [-0.2, 0) is 14.3 Å². The van der Waals surface area contributed by atoms with Gasteiger partial charge in [0.05, 0.1) is 0 Å². The van der Waals surface area contributed by atoms with Gasteiger partial charge in [-0.15, -0.1) is 0 Å². The second-order valence-corrected chi connectivity index (χ2v) is 11.0. The average molecular weight is 557 g/mol. The summed E-state index contributed by atoms with van der Waals surface area (Å²) in [5.41, 5.74) is 1.33. The van der Waals surface area contributed by atoms with Crippen molar-refractivity contribution in [3.05, 3.63) is 76.8 Å². The van der Waals surface area contributed by atoms with Crippen molar-refractivity contribution in [2.75, 3.05) is 40.5 Å². The Bertz CT molecular complexity index is 1120. The fourth-order valence-electron chi connectivity index (χ4n) is 4.97. The predicted octanol–water partition coefficient (Wildman–Crippen LogP) is 5.64. The summed E-state index contributed by atoms with van der Waals surface area (Å²) in [4.78, 5) is 31.6. The van der Waals surface area contributed by atoms with Crippen LogP contribution >= 0.6 is 11.6 Å². The highest BCUT2D eigenvalue weighted by Crippen LogP contribution is 2.32. The van der Waals surface area contributed by atoms with Crippen LogP contribution in [0.4, 0.5) is 0 Å². The van der Waals surface area contributed by atoms with Crippen molar-refractivity contribution >= 4 is 23.4 Å². The van der Waals surface area contributed by atoms with Crippen LogP contribution in [0.2, 0.25) is 5.02 Å². The van der Waals surface area contributed by atoms with E-state index in [0.29, 0.717) is 36.0 Å². The first-order chi connectivity index (χ1) is 18.7. The summed E-state index contributed by atoms with van der Waals surface area (Å²) in [7, 11) is 3.26. The third-order valence-electron chi connectivity index (χ3n) is 6.79. The Kier molecular flexibility index (Phi) is 11.4. The second kappa shape index (κ2) is 14.5. The zero-order valence-corrected chi connectivity index (χ0v) is 24.6. The van der Waals surface area contributed by atoms with Gasteiger partial charge in [-0.1, -0.05) is 63.6 Å². The van der Waals surface area contributed by atoms with Crippen LogP contribution in [0.1, 0.15) is 49.7 Å². The van der Waals surface area contributed by atoms with Crippen molar-refractivity contribution < 1.29 is 23.8 Å².